The van der Waals surface area contributed by atoms with E-state index in [1.165, 1.54) is 25.0 Å². The van der Waals surface area contributed by atoms with E-state index in [0.717, 1.165) is 38.0 Å². The van der Waals surface area contributed by atoms with Gasteiger partial charge in [0, 0.05) is 43.5 Å². The molecule has 1 saturated carbocycles. The second kappa shape index (κ2) is 5.76. The van der Waals surface area contributed by atoms with E-state index >= 15 is 0 Å². The molecule has 2 aliphatic rings. The lowest BCUT2D eigenvalue weighted by Gasteiger charge is -2.33. The van der Waals surface area contributed by atoms with E-state index in [0.29, 0.717) is 0 Å². The van der Waals surface area contributed by atoms with Crippen molar-refractivity contribution in [3.63, 3.8) is 0 Å². The molecule has 1 atom stereocenters. The smallest absolute Gasteiger partial charge is 0.269 e. The minimum atomic E-state index is -0.387. The quantitative estimate of drug-likeness (QED) is 0.657. The van der Waals surface area contributed by atoms with E-state index in [2.05, 4.69) is 10.2 Å². The van der Waals surface area contributed by atoms with Gasteiger partial charge in [-0.3, -0.25) is 15.0 Å². The second-order valence-corrected chi connectivity index (χ2v) is 5.40. The average Bonchev–Trinajstić information content (AvgIpc) is 3.30. The molecule has 2 fully saturated rings. The molecule has 1 aromatic rings. The standard InChI is InChI=1S/C14H19N3O3/c18-17(19)13-3-1-11(2-4-13)15-9-14-10-16(7-8-20-14)12-5-6-12/h1-4,12,14-15H,5-10H2. The first-order chi connectivity index (χ1) is 9.72. The van der Waals surface area contributed by atoms with E-state index in [1.807, 2.05) is 0 Å². The van der Waals surface area contributed by atoms with Crippen LogP contribution in [0.25, 0.3) is 0 Å². The SMILES string of the molecule is O=[N+]([O-])c1ccc(NCC2CN(C3CC3)CCO2)cc1. The molecule has 1 N–H and O–H groups in total. The predicted octanol–water partition coefficient (Wildman–Crippen LogP) is 1.87. The lowest BCUT2D eigenvalue weighted by atomic mass is 10.2. The fraction of sp³-hybridized carbons (Fsp3) is 0.571. The van der Waals surface area contributed by atoms with Crippen molar-refractivity contribution in [3.05, 3.63) is 34.4 Å². The molecule has 0 spiro atoms. The molecule has 1 unspecified atom stereocenters. The number of ether oxygens (including phenoxy) is 1. The summed E-state index contributed by atoms with van der Waals surface area (Å²) in [5.74, 6) is 0. The maximum Gasteiger partial charge on any atom is 0.269 e. The van der Waals surface area contributed by atoms with Crippen LogP contribution >= 0.6 is 0 Å². The summed E-state index contributed by atoms with van der Waals surface area (Å²) in [6.07, 6.45) is 2.84. The molecule has 20 heavy (non-hydrogen) atoms. The van der Waals surface area contributed by atoms with Crippen molar-refractivity contribution >= 4 is 11.4 Å². The lowest BCUT2D eigenvalue weighted by Crippen LogP contribution is -2.46. The summed E-state index contributed by atoms with van der Waals surface area (Å²) in [7, 11) is 0. The van der Waals surface area contributed by atoms with Crippen LogP contribution < -0.4 is 5.32 Å². The monoisotopic (exact) mass is 277 g/mol. The molecule has 6 nitrogen and oxygen atoms in total. The highest BCUT2D eigenvalue weighted by Gasteiger charge is 2.32. The topological polar surface area (TPSA) is 67.6 Å². The van der Waals surface area contributed by atoms with Gasteiger partial charge in [-0.15, -0.1) is 0 Å². The van der Waals surface area contributed by atoms with Gasteiger partial charge < -0.3 is 10.1 Å². The van der Waals surface area contributed by atoms with E-state index < -0.39 is 0 Å². The largest absolute Gasteiger partial charge is 0.382 e. The van der Waals surface area contributed by atoms with E-state index in [1.54, 1.807) is 12.1 Å². The number of rotatable bonds is 5. The van der Waals surface area contributed by atoms with Crippen molar-refractivity contribution in [2.45, 2.75) is 25.0 Å². The number of hydrogen-bond donors (Lipinski definition) is 1. The first kappa shape index (κ1) is 13.3. The summed E-state index contributed by atoms with van der Waals surface area (Å²) >= 11 is 0. The van der Waals surface area contributed by atoms with Gasteiger partial charge in [0.15, 0.2) is 0 Å². The molecule has 1 saturated heterocycles. The van der Waals surface area contributed by atoms with Gasteiger partial charge in [0.05, 0.1) is 17.6 Å². The van der Waals surface area contributed by atoms with Crippen LogP contribution in [0.4, 0.5) is 11.4 Å². The Morgan fingerprint density at radius 2 is 2.10 bits per heavy atom. The Morgan fingerprint density at radius 3 is 2.75 bits per heavy atom. The first-order valence-electron chi connectivity index (χ1n) is 7.06. The van der Waals surface area contributed by atoms with Crippen LogP contribution in [-0.4, -0.2) is 48.2 Å². The van der Waals surface area contributed by atoms with Crippen LogP contribution in [0.15, 0.2) is 24.3 Å². The van der Waals surface area contributed by atoms with Gasteiger partial charge in [0.2, 0.25) is 0 Å². The number of anilines is 1. The molecule has 0 bridgehead atoms. The van der Waals surface area contributed by atoms with Gasteiger partial charge in [-0.1, -0.05) is 0 Å². The highest BCUT2D eigenvalue weighted by molar-refractivity contribution is 5.48. The lowest BCUT2D eigenvalue weighted by molar-refractivity contribution is -0.384. The maximum atomic E-state index is 10.6. The molecule has 6 heteroatoms. The summed E-state index contributed by atoms with van der Waals surface area (Å²) in [4.78, 5) is 12.7. The number of morpholine rings is 1. The van der Waals surface area contributed by atoms with Crippen LogP contribution in [0, 0.1) is 10.1 Å². The second-order valence-electron chi connectivity index (χ2n) is 5.40. The van der Waals surface area contributed by atoms with Crippen molar-refractivity contribution in [1.29, 1.82) is 0 Å². The zero-order chi connectivity index (χ0) is 13.9. The third kappa shape index (κ3) is 3.26. The first-order valence-corrected chi connectivity index (χ1v) is 7.06. The maximum absolute atomic E-state index is 10.6. The molecule has 0 aromatic heterocycles. The minimum absolute atomic E-state index is 0.115. The predicted molar refractivity (Wildman–Crippen MR) is 75.9 cm³/mol. The summed E-state index contributed by atoms with van der Waals surface area (Å²) < 4.78 is 5.76. The molecule has 1 heterocycles. The molecule has 1 aliphatic heterocycles. The number of nitro benzene ring substituents is 1. The third-order valence-corrected chi connectivity index (χ3v) is 3.85. The summed E-state index contributed by atoms with van der Waals surface area (Å²) in [6, 6.07) is 7.28. The average molecular weight is 277 g/mol. The molecule has 0 radical (unpaired) electrons. The van der Waals surface area contributed by atoms with Gasteiger partial charge in [0.25, 0.3) is 5.69 Å². The van der Waals surface area contributed by atoms with Crippen LogP contribution in [0.3, 0.4) is 0 Å². The highest BCUT2D eigenvalue weighted by Crippen LogP contribution is 2.28. The fourth-order valence-electron chi connectivity index (χ4n) is 2.57. The Hall–Kier alpha value is -1.66. The van der Waals surface area contributed by atoms with Crippen LogP contribution in [0.5, 0.6) is 0 Å². The van der Waals surface area contributed by atoms with Crippen molar-refractivity contribution in [3.8, 4) is 0 Å². The van der Waals surface area contributed by atoms with Crippen molar-refractivity contribution in [2.24, 2.45) is 0 Å². The van der Waals surface area contributed by atoms with Crippen molar-refractivity contribution < 1.29 is 9.66 Å². The van der Waals surface area contributed by atoms with Crippen LogP contribution in [-0.2, 0) is 4.74 Å². The van der Waals surface area contributed by atoms with Gasteiger partial charge in [-0.05, 0) is 25.0 Å². The number of non-ortho nitro benzene ring substituents is 1. The van der Waals surface area contributed by atoms with Crippen molar-refractivity contribution in [2.75, 3.05) is 31.6 Å². The summed E-state index contributed by atoms with van der Waals surface area (Å²) in [5, 5.41) is 13.9. The number of benzene rings is 1. The molecular weight excluding hydrogens is 258 g/mol. The molecule has 108 valence electrons. The molecule has 1 aromatic carbocycles. The van der Waals surface area contributed by atoms with Gasteiger partial charge >= 0.3 is 0 Å². The third-order valence-electron chi connectivity index (χ3n) is 3.85. The Labute approximate surface area is 117 Å². The summed E-state index contributed by atoms with van der Waals surface area (Å²) in [5.41, 5.74) is 1.01. The fourth-order valence-corrected chi connectivity index (χ4v) is 2.57. The number of nitrogens with zero attached hydrogens (tertiary/aromatic N) is 2. The molecule has 1 aliphatic carbocycles. The summed E-state index contributed by atoms with van der Waals surface area (Å²) in [6.45, 7) is 3.55. The van der Waals surface area contributed by atoms with E-state index in [4.69, 9.17) is 4.74 Å². The zero-order valence-electron chi connectivity index (χ0n) is 11.3. The zero-order valence-corrected chi connectivity index (χ0v) is 11.3. The highest BCUT2D eigenvalue weighted by atomic mass is 16.6. The van der Waals surface area contributed by atoms with Gasteiger partial charge in [-0.2, -0.15) is 0 Å². The Balaban J connectivity index is 1.49. The Kier molecular flexibility index (Phi) is 3.84. The number of nitrogens with one attached hydrogen (secondary N) is 1. The van der Waals surface area contributed by atoms with Gasteiger partial charge in [-0.25, -0.2) is 0 Å². The Morgan fingerprint density at radius 1 is 1.35 bits per heavy atom. The van der Waals surface area contributed by atoms with E-state index in [-0.39, 0.29) is 16.7 Å². The number of hydrogen-bond acceptors (Lipinski definition) is 5. The molecule has 0 amide bonds. The Bertz CT molecular complexity index is 473. The van der Waals surface area contributed by atoms with E-state index in [9.17, 15) is 10.1 Å². The normalized spacial score (nSPS) is 23.5. The van der Waals surface area contributed by atoms with Crippen molar-refractivity contribution in [1.82, 2.24) is 4.90 Å². The van der Waals surface area contributed by atoms with Crippen LogP contribution in [0.2, 0.25) is 0 Å². The van der Waals surface area contributed by atoms with Gasteiger partial charge in [0.1, 0.15) is 0 Å². The van der Waals surface area contributed by atoms with Crippen LogP contribution in [0.1, 0.15) is 12.8 Å². The molecule has 3 rings (SSSR count). The molecular formula is C14H19N3O3. The number of nitro groups is 1. The minimum Gasteiger partial charge on any atom is -0.382 e.